The molecule has 0 aromatic rings. The maximum absolute atomic E-state index is 12.8. The van der Waals surface area contributed by atoms with Crippen molar-refractivity contribution in [2.75, 3.05) is 13.2 Å². The monoisotopic (exact) mass is 821 g/mol. The van der Waals surface area contributed by atoms with E-state index in [0.29, 0.717) is 19.3 Å². The molecule has 0 spiro atoms. The number of esters is 3. The van der Waals surface area contributed by atoms with Gasteiger partial charge in [-0.1, -0.05) is 247 Å². The van der Waals surface area contributed by atoms with E-state index in [0.717, 1.165) is 69.6 Å². The topological polar surface area (TPSA) is 78.9 Å². The third-order valence-electron chi connectivity index (χ3n) is 11.7. The number of ether oxygens (including phenoxy) is 3. The zero-order chi connectivity index (χ0) is 42.6. The van der Waals surface area contributed by atoms with Crippen LogP contribution in [0.3, 0.4) is 0 Å². The third-order valence-corrected chi connectivity index (χ3v) is 11.7. The van der Waals surface area contributed by atoms with Crippen LogP contribution >= 0.6 is 0 Å². The van der Waals surface area contributed by atoms with Crippen molar-refractivity contribution in [2.24, 2.45) is 11.8 Å². The minimum atomic E-state index is -0.762. The molecule has 0 aliphatic carbocycles. The van der Waals surface area contributed by atoms with Crippen molar-refractivity contribution in [3.63, 3.8) is 0 Å². The van der Waals surface area contributed by atoms with Gasteiger partial charge in [-0.15, -0.1) is 0 Å². The second-order valence-corrected chi connectivity index (χ2v) is 18.8. The van der Waals surface area contributed by atoms with Gasteiger partial charge in [0.1, 0.15) is 13.2 Å². The lowest BCUT2D eigenvalue weighted by Crippen LogP contribution is -2.30. The Labute approximate surface area is 361 Å². The van der Waals surface area contributed by atoms with Crippen molar-refractivity contribution in [2.45, 2.75) is 291 Å². The summed E-state index contributed by atoms with van der Waals surface area (Å²) >= 11 is 0. The molecule has 6 heteroatoms. The van der Waals surface area contributed by atoms with Crippen molar-refractivity contribution in [3.8, 4) is 0 Å². The number of hydrogen-bond donors (Lipinski definition) is 0. The molecule has 0 bridgehead atoms. The molecule has 6 nitrogen and oxygen atoms in total. The Balaban J connectivity index is 4.29. The predicted molar refractivity (Wildman–Crippen MR) is 247 cm³/mol. The molecule has 0 heterocycles. The number of hydrogen-bond acceptors (Lipinski definition) is 6. The van der Waals surface area contributed by atoms with Crippen LogP contribution in [-0.4, -0.2) is 37.2 Å². The van der Waals surface area contributed by atoms with Crippen LogP contribution in [0.4, 0.5) is 0 Å². The van der Waals surface area contributed by atoms with E-state index in [-0.39, 0.29) is 31.1 Å². The SMILES string of the molecule is CCCCCCCCCCCCCCCCCC(=O)OC[C@H](COC(=O)CCCCCCCCCC(C)C)OC(=O)CCCCCCCCCCCCCCC(C)C. The minimum absolute atomic E-state index is 0.0641. The van der Waals surface area contributed by atoms with Gasteiger partial charge >= 0.3 is 17.9 Å². The number of unbranched alkanes of at least 4 members (excludes halogenated alkanes) is 31. The highest BCUT2D eigenvalue weighted by Crippen LogP contribution is 2.17. The molecule has 0 aromatic heterocycles. The van der Waals surface area contributed by atoms with Crippen LogP contribution < -0.4 is 0 Å². The van der Waals surface area contributed by atoms with Gasteiger partial charge in [0.05, 0.1) is 0 Å². The van der Waals surface area contributed by atoms with E-state index < -0.39 is 6.10 Å². The second kappa shape index (κ2) is 44.9. The summed E-state index contributed by atoms with van der Waals surface area (Å²) < 4.78 is 16.8. The molecule has 0 rings (SSSR count). The summed E-state index contributed by atoms with van der Waals surface area (Å²) in [7, 11) is 0. The summed E-state index contributed by atoms with van der Waals surface area (Å²) in [5.74, 6) is 0.762. The van der Waals surface area contributed by atoms with E-state index in [1.54, 1.807) is 0 Å². The van der Waals surface area contributed by atoms with Crippen molar-refractivity contribution < 1.29 is 28.6 Å². The van der Waals surface area contributed by atoms with Crippen molar-refractivity contribution in [3.05, 3.63) is 0 Å². The predicted octanol–water partition coefficient (Wildman–Crippen LogP) is 16.5. The van der Waals surface area contributed by atoms with E-state index in [9.17, 15) is 14.4 Å². The van der Waals surface area contributed by atoms with Crippen molar-refractivity contribution in [1.29, 1.82) is 0 Å². The van der Waals surface area contributed by atoms with Crippen LogP contribution in [0.5, 0.6) is 0 Å². The molecule has 0 aliphatic heterocycles. The molecular formula is C52H100O6. The van der Waals surface area contributed by atoms with Gasteiger partial charge in [-0.3, -0.25) is 14.4 Å². The average Bonchev–Trinajstić information content (AvgIpc) is 3.19. The van der Waals surface area contributed by atoms with Gasteiger partial charge in [-0.05, 0) is 31.1 Å². The number of carbonyl (C=O) groups excluding carboxylic acids is 3. The molecule has 0 radical (unpaired) electrons. The molecule has 0 N–H and O–H groups in total. The largest absolute Gasteiger partial charge is 0.462 e. The molecule has 0 aromatic carbocycles. The molecule has 344 valence electrons. The first-order valence-electron chi connectivity index (χ1n) is 25.7. The van der Waals surface area contributed by atoms with Gasteiger partial charge in [0, 0.05) is 19.3 Å². The lowest BCUT2D eigenvalue weighted by molar-refractivity contribution is -0.167. The first-order chi connectivity index (χ1) is 28.2. The van der Waals surface area contributed by atoms with Crippen LogP contribution in [-0.2, 0) is 28.6 Å². The maximum Gasteiger partial charge on any atom is 0.306 e. The highest BCUT2D eigenvalue weighted by atomic mass is 16.6. The summed E-state index contributed by atoms with van der Waals surface area (Å²) in [5.41, 5.74) is 0. The lowest BCUT2D eigenvalue weighted by atomic mass is 10.0. The Morgan fingerprint density at radius 2 is 0.569 bits per heavy atom. The summed E-state index contributed by atoms with van der Waals surface area (Å²) in [6.45, 7) is 11.3. The quantitative estimate of drug-likeness (QED) is 0.0346. The minimum Gasteiger partial charge on any atom is -0.462 e. The highest BCUT2D eigenvalue weighted by molar-refractivity contribution is 5.71. The van der Waals surface area contributed by atoms with Crippen LogP contribution in [0, 0.1) is 11.8 Å². The van der Waals surface area contributed by atoms with Gasteiger partial charge < -0.3 is 14.2 Å². The van der Waals surface area contributed by atoms with Crippen molar-refractivity contribution >= 4 is 17.9 Å². The van der Waals surface area contributed by atoms with Gasteiger partial charge in [0.15, 0.2) is 6.10 Å². The Morgan fingerprint density at radius 1 is 0.328 bits per heavy atom. The molecule has 0 fully saturated rings. The van der Waals surface area contributed by atoms with Gasteiger partial charge in [-0.25, -0.2) is 0 Å². The summed E-state index contributed by atoms with van der Waals surface area (Å²) in [4.78, 5) is 37.9. The zero-order valence-electron chi connectivity index (χ0n) is 39.7. The van der Waals surface area contributed by atoms with E-state index in [1.807, 2.05) is 0 Å². The van der Waals surface area contributed by atoms with Crippen LogP contribution in [0.15, 0.2) is 0 Å². The number of carbonyl (C=O) groups is 3. The Hall–Kier alpha value is -1.59. The highest BCUT2D eigenvalue weighted by Gasteiger charge is 2.19. The molecule has 58 heavy (non-hydrogen) atoms. The second-order valence-electron chi connectivity index (χ2n) is 18.8. The van der Waals surface area contributed by atoms with Crippen molar-refractivity contribution in [1.82, 2.24) is 0 Å². The molecule has 0 saturated carbocycles. The molecule has 1 atom stereocenters. The van der Waals surface area contributed by atoms with Crippen LogP contribution in [0.2, 0.25) is 0 Å². The Morgan fingerprint density at radius 3 is 0.845 bits per heavy atom. The van der Waals surface area contributed by atoms with Crippen LogP contribution in [0.1, 0.15) is 285 Å². The van der Waals surface area contributed by atoms with Crippen LogP contribution in [0.25, 0.3) is 0 Å². The maximum atomic E-state index is 12.8. The third kappa shape index (κ3) is 45.5. The van der Waals surface area contributed by atoms with E-state index in [4.69, 9.17) is 14.2 Å². The van der Waals surface area contributed by atoms with Gasteiger partial charge in [0.25, 0.3) is 0 Å². The first kappa shape index (κ1) is 56.4. The van der Waals surface area contributed by atoms with E-state index >= 15 is 0 Å². The fourth-order valence-electron chi connectivity index (χ4n) is 7.81. The molecule has 0 saturated heterocycles. The molecular weight excluding hydrogens is 721 g/mol. The number of rotatable bonds is 46. The molecule has 0 aliphatic rings. The Bertz CT molecular complexity index is 885. The fourth-order valence-corrected chi connectivity index (χ4v) is 7.81. The normalized spacial score (nSPS) is 12.1. The molecule has 0 unspecified atom stereocenters. The zero-order valence-corrected chi connectivity index (χ0v) is 39.7. The standard InChI is InChI=1S/C52H100O6/c1-6-7-8-9-10-11-12-13-14-15-19-22-27-32-37-42-50(53)56-45-49(46-57-51(54)43-38-33-29-24-26-31-36-41-48(4)5)58-52(55)44-39-34-28-23-20-17-16-18-21-25-30-35-40-47(2)3/h47-49H,6-46H2,1-5H3/t49-/m1/s1. The van der Waals surface area contributed by atoms with E-state index in [1.165, 1.54) is 173 Å². The Kier molecular flexibility index (Phi) is 43.7. The smallest absolute Gasteiger partial charge is 0.306 e. The first-order valence-corrected chi connectivity index (χ1v) is 25.7. The summed E-state index contributed by atoms with van der Waals surface area (Å²) in [6, 6.07) is 0. The summed E-state index contributed by atoms with van der Waals surface area (Å²) in [6.07, 6.45) is 45.2. The fraction of sp³-hybridized carbons (Fsp3) is 0.942. The van der Waals surface area contributed by atoms with Gasteiger partial charge in [-0.2, -0.15) is 0 Å². The van der Waals surface area contributed by atoms with Gasteiger partial charge in [0.2, 0.25) is 0 Å². The average molecular weight is 821 g/mol. The van der Waals surface area contributed by atoms with E-state index in [2.05, 4.69) is 34.6 Å². The lowest BCUT2D eigenvalue weighted by Gasteiger charge is -2.18. The summed E-state index contributed by atoms with van der Waals surface area (Å²) in [5, 5.41) is 0. The molecule has 0 amide bonds.